The number of rotatable bonds is 6. The predicted molar refractivity (Wildman–Crippen MR) is 75.9 cm³/mol. The summed E-state index contributed by atoms with van der Waals surface area (Å²) >= 11 is 0. The number of carbonyl (C=O) groups is 1. The van der Waals surface area contributed by atoms with Crippen LogP contribution in [-0.4, -0.2) is 43.2 Å². The second kappa shape index (κ2) is 8.73. The summed E-state index contributed by atoms with van der Waals surface area (Å²) in [6.45, 7) is 9.12. The lowest BCUT2D eigenvalue weighted by Gasteiger charge is -2.21. The van der Waals surface area contributed by atoms with E-state index in [-0.39, 0.29) is 24.4 Å². The van der Waals surface area contributed by atoms with E-state index < -0.39 is 0 Å². The number of hydrogen-bond acceptors (Lipinski definition) is 3. The van der Waals surface area contributed by atoms with Crippen molar-refractivity contribution in [2.75, 3.05) is 26.2 Å². The van der Waals surface area contributed by atoms with E-state index in [1.165, 1.54) is 0 Å². The van der Waals surface area contributed by atoms with E-state index >= 15 is 0 Å². The third-order valence-electron chi connectivity index (χ3n) is 3.34. The third kappa shape index (κ3) is 5.55. The predicted octanol–water partition coefficient (Wildman–Crippen LogP) is 1.67. The van der Waals surface area contributed by atoms with Gasteiger partial charge in [-0.2, -0.15) is 0 Å². The molecule has 1 fully saturated rings. The van der Waals surface area contributed by atoms with Crippen LogP contribution in [0.15, 0.2) is 0 Å². The number of amides is 1. The van der Waals surface area contributed by atoms with Crippen LogP contribution in [0.2, 0.25) is 0 Å². The molecule has 1 aliphatic rings. The van der Waals surface area contributed by atoms with Crippen molar-refractivity contribution in [3.05, 3.63) is 0 Å². The van der Waals surface area contributed by atoms with Crippen molar-refractivity contribution in [2.24, 2.45) is 17.6 Å². The fraction of sp³-hybridized carbons (Fsp3) is 0.923. The maximum Gasteiger partial charge on any atom is 0.251 e. The van der Waals surface area contributed by atoms with Gasteiger partial charge >= 0.3 is 0 Å². The van der Waals surface area contributed by atoms with Crippen molar-refractivity contribution in [3.8, 4) is 0 Å². The first-order valence-corrected chi connectivity index (χ1v) is 6.65. The maximum atomic E-state index is 12.0. The van der Waals surface area contributed by atoms with Gasteiger partial charge in [0.25, 0.3) is 5.91 Å². The molecule has 0 bridgehead atoms. The normalized spacial score (nSPS) is 20.9. The monoisotopic (exact) mass is 278 g/mol. The van der Waals surface area contributed by atoms with Gasteiger partial charge in [0, 0.05) is 19.7 Å². The summed E-state index contributed by atoms with van der Waals surface area (Å²) in [4.78, 5) is 13.9. The highest BCUT2D eigenvalue weighted by molar-refractivity contribution is 5.85. The fourth-order valence-electron chi connectivity index (χ4n) is 2.03. The number of carbonyl (C=O) groups excluding carboxylic acids is 1. The van der Waals surface area contributed by atoms with Crippen LogP contribution in [0.1, 0.15) is 33.6 Å². The lowest BCUT2D eigenvalue weighted by Crippen LogP contribution is -2.38. The van der Waals surface area contributed by atoms with Gasteiger partial charge in [-0.3, -0.25) is 4.79 Å². The average molecular weight is 279 g/mol. The molecule has 0 aromatic rings. The number of nitrogens with two attached hydrogens (primary N) is 1. The molecule has 2 N–H and O–H groups in total. The molecule has 0 spiro atoms. The first kappa shape index (κ1) is 17.7. The Kier molecular flexibility index (Phi) is 8.57. The van der Waals surface area contributed by atoms with E-state index in [1.54, 1.807) is 0 Å². The molecule has 4 nitrogen and oxygen atoms in total. The van der Waals surface area contributed by atoms with Gasteiger partial charge in [-0.25, -0.2) is 0 Å². The maximum absolute atomic E-state index is 12.0. The third-order valence-corrected chi connectivity index (χ3v) is 3.34. The first-order chi connectivity index (χ1) is 8.04. The van der Waals surface area contributed by atoms with Gasteiger partial charge in [0.15, 0.2) is 0 Å². The molecule has 1 rings (SSSR count). The molecule has 0 aromatic heterocycles. The van der Waals surface area contributed by atoms with Gasteiger partial charge < -0.3 is 15.4 Å². The minimum Gasteiger partial charge on any atom is -0.369 e. The minimum absolute atomic E-state index is 0. The van der Waals surface area contributed by atoms with Crippen LogP contribution >= 0.6 is 12.4 Å². The first-order valence-electron chi connectivity index (χ1n) is 6.65. The van der Waals surface area contributed by atoms with Gasteiger partial charge in [-0.05, 0) is 38.1 Å². The molecule has 1 amide bonds. The van der Waals surface area contributed by atoms with Crippen LogP contribution in [0, 0.1) is 11.8 Å². The molecule has 1 heterocycles. The van der Waals surface area contributed by atoms with Gasteiger partial charge in [0.2, 0.25) is 0 Å². The lowest BCUT2D eigenvalue weighted by atomic mass is 10.1. The molecule has 0 aliphatic carbocycles. The van der Waals surface area contributed by atoms with Crippen LogP contribution in [0.4, 0.5) is 0 Å². The van der Waals surface area contributed by atoms with Crippen LogP contribution in [0.25, 0.3) is 0 Å². The summed E-state index contributed by atoms with van der Waals surface area (Å²) in [7, 11) is 0. The number of likely N-dealkylation sites (tertiary alicyclic amines) is 1. The number of ether oxygens (including phenoxy) is 1. The molecule has 108 valence electrons. The van der Waals surface area contributed by atoms with Gasteiger partial charge in [0.05, 0.1) is 0 Å². The van der Waals surface area contributed by atoms with Crippen molar-refractivity contribution in [1.82, 2.24) is 4.90 Å². The summed E-state index contributed by atoms with van der Waals surface area (Å²) in [6.07, 6.45) is 1.72. The Hall–Kier alpha value is -0.320. The number of halogens is 1. The Morgan fingerprint density at radius 2 is 2.11 bits per heavy atom. The highest BCUT2D eigenvalue weighted by Crippen LogP contribution is 2.16. The summed E-state index contributed by atoms with van der Waals surface area (Å²) < 4.78 is 5.57. The van der Waals surface area contributed by atoms with E-state index in [9.17, 15) is 4.79 Å². The van der Waals surface area contributed by atoms with E-state index in [1.807, 2.05) is 11.8 Å². The van der Waals surface area contributed by atoms with Crippen LogP contribution in [-0.2, 0) is 9.53 Å². The summed E-state index contributed by atoms with van der Waals surface area (Å²) in [5.74, 6) is 1.21. The molecule has 0 saturated carbocycles. The zero-order valence-corrected chi connectivity index (χ0v) is 12.5. The molecule has 18 heavy (non-hydrogen) atoms. The highest BCUT2D eigenvalue weighted by atomic mass is 35.5. The Bertz CT molecular complexity index is 249. The smallest absolute Gasteiger partial charge is 0.251 e. The van der Waals surface area contributed by atoms with Gasteiger partial charge in [-0.1, -0.05) is 13.8 Å². The summed E-state index contributed by atoms with van der Waals surface area (Å²) in [5.41, 5.74) is 5.62. The zero-order valence-electron chi connectivity index (χ0n) is 11.7. The second-order valence-electron chi connectivity index (χ2n) is 5.37. The van der Waals surface area contributed by atoms with Crippen LogP contribution < -0.4 is 5.73 Å². The molecule has 2 atom stereocenters. The molecule has 0 radical (unpaired) electrons. The van der Waals surface area contributed by atoms with Gasteiger partial charge in [-0.15, -0.1) is 12.4 Å². The van der Waals surface area contributed by atoms with Crippen LogP contribution in [0.5, 0.6) is 0 Å². The quantitative estimate of drug-likeness (QED) is 0.804. The molecule has 1 saturated heterocycles. The Morgan fingerprint density at radius 3 is 2.61 bits per heavy atom. The standard InChI is InChI=1S/C13H26N2O2.ClH/c1-10(2)5-7-17-11(3)13(16)15-6-4-12(8-14)9-15;/h10-12H,4-9,14H2,1-3H3;1H. The molecule has 0 aromatic carbocycles. The average Bonchev–Trinajstić information content (AvgIpc) is 2.75. The van der Waals surface area contributed by atoms with Gasteiger partial charge in [0.1, 0.15) is 6.10 Å². The lowest BCUT2D eigenvalue weighted by molar-refractivity contribution is -0.141. The van der Waals surface area contributed by atoms with Crippen molar-refractivity contribution >= 4 is 18.3 Å². The Labute approximate surface area is 117 Å². The fourth-order valence-corrected chi connectivity index (χ4v) is 2.03. The molecular formula is C13H27ClN2O2. The van der Waals surface area contributed by atoms with Crippen molar-refractivity contribution in [3.63, 3.8) is 0 Å². The van der Waals surface area contributed by atoms with Crippen molar-refractivity contribution in [1.29, 1.82) is 0 Å². The Balaban J connectivity index is 0.00000289. The molecule has 5 heteroatoms. The van der Waals surface area contributed by atoms with Crippen molar-refractivity contribution < 1.29 is 9.53 Å². The van der Waals surface area contributed by atoms with E-state index in [0.29, 0.717) is 25.0 Å². The largest absolute Gasteiger partial charge is 0.369 e. The molecule has 1 aliphatic heterocycles. The minimum atomic E-state index is -0.315. The van der Waals surface area contributed by atoms with E-state index in [4.69, 9.17) is 10.5 Å². The number of hydrogen-bond donors (Lipinski definition) is 1. The molecule has 2 unspecified atom stereocenters. The topological polar surface area (TPSA) is 55.6 Å². The highest BCUT2D eigenvalue weighted by Gasteiger charge is 2.28. The van der Waals surface area contributed by atoms with E-state index in [0.717, 1.165) is 25.9 Å². The summed E-state index contributed by atoms with van der Waals surface area (Å²) in [5, 5.41) is 0. The Morgan fingerprint density at radius 1 is 1.44 bits per heavy atom. The van der Waals surface area contributed by atoms with Crippen molar-refractivity contribution in [2.45, 2.75) is 39.7 Å². The summed E-state index contributed by atoms with van der Waals surface area (Å²) in [6, 6.07) is 0. The zero-order chi connectivity index (χ0) is 12.8. The number of nitrogens with zero attached hydrogens (tertiary/aromatic N) is 1. The SMILES string of the molecule is CC(C)CCOC(C)C(=O)N1CCC(CN)C1.Cl. The van der Waals surface area contributed by atoms with Crippen LogP contribution in [0.3, 0.4) is 0 Å². The molecular weight excluding hydrogens is 252 g/mol. The van der Waals surface area contributed by atoms with E-state index in [2.05, 4.69) is 13.8 Å². The second-order valence-corrected chi connectivity index (χ2v) is 5.37.